The molecule has 4 rings (SSSR count). The van der Waals surface area contributed by atoms with E-state index in [0.29, 0.717) is 19.7 Å². The smallest absolute Gasteiger partial charge is 0.387 e. The van der Waals surface area contributed by atoms with Crippen molar-refractivity contribution in [1.29, 1.82) is 0 Å². The van der Waals surface area contributed by atoms with Crippen LogP contribution in [0.4, 0.5) is 14.6 Å². The maximum absolute atomic E-state index is 12.2. The summed E-state index contributed by atoms with van der Waals surface area (Å²) in [7, 11) is 0. The molecule has 1 atom stereocenters. The van der Waals surface area contributed by atoms with E-state index in [4.69, 9.17) is 4.74 Å². The lowest BCUT2D eigenvalue weighted by atomic mass is 10.1. The summed E-state index contributed by atoms with van der Waals surface area (Å²) >= 11 is 0. The monoisotopic (exact) mass is 346 g/mol. The molecule has 0 amide bonds. The zero-order valence-corrected chi connectivity index (χ0v) is 13.3. The summed E-state index contributed by atoms with van der Waals surface area (Å²) in [6, 6.07) is 6.54. The average molecular weight is 346 g/mol. The zero-order chi connectivity index (χ0) is 17.2. The van der Waals surface area contributed by atoms with Crippen molar-refractivity contribution < 1.29 is 18.3 Å². The first-order valence-corrected chi connectivity index (χ1v) is 7.90. The van der Waals surface area contributed by atoms with E-state index < -0.39 is 6.61 Å². The Kier molecular flexibility index (Phi) is 4.19. The number of halogens is 2. The molecular weight excluding hydrogens is 330 g/mol. The van der Waals surface area contributed by atoms with Gasteiger partial charge in [0, 0.05) is 37.9 Å². The lowest BCUT2D eigenvalue weighted by Gasteiger charge is -2.34. The van der Waals surface area contributed by atoms with Gasteiger partial charge < -0.3 is 18.8 Å². The van der Waals surface area contributed by atoms with Crippen LogP contribution in [-0.2, 0) is 4.74 Å². The zero-order valence-electron chi connectivity index (χ0n) is 13.3. The molecule has 3 heterocycles. The van der Waals surface area contributed by atoms with Crippen LogP contribution in [0.5, 0.6) is 5.75 Å². The van der Waals surface area contributed by atoms with Gasteiger partial charge in [0.15, 0.2) is 11.5 Å². The quantitative estimate of drug-likeness (QED) is 0.727. The molecule has 0 saturated carbocycles. The molecule has 1 unspecified atom stereocenters. The number of anilines is 1. The van der Waals surface area contributed by atoms with Gasteiger partial charge in [0.1, 0.15) is 11.9 Å². The summed E-state index contributed by atoms with van der Waals surface area (Å²) in [5.41, 5.74) is 1.70. The summed E-state index contributed by atoms with van der Waals surface area (Å²) in [5.74, 6) is 0.939. The minimum Gasteiger partial charge on any atom is -0.435 e. The van der Waals surface area contributed by atoms with Gasteiger partial charge in [-0.1, -0.05) is 12.1 Å². The topological polar surface area (TPSA) is 51.9 Å². The van der Waals surface area contributed by atoms with Gasteiger partial charge in [-0.2, -0.15) is 8.78 Å². The van der Waals surface area contributed by atoms with E-state index in [9.17, 15) is 8.78 Å². The third-order valence-electron chi connectivity index (χ3n) is 4.14. The van der Waals surface area contributed by atoms with E-state index in [-0.39, 0.29) is 11.9 Å². The fraction of sp³-hybridized carbons (Fsp3) is 0.294. The fourth-order valence-electron chi connectivity index (χ4n) is 2.97. The highest BCUT2D eigenvalue weighted by Crippen LogP contribution is 2.28. The number of alkyl halides is 2. The Morgan fingerprint density at radius 1 is 1.12 bits per heavy atom. The number of imidazole rings is 1. The highest BCUT2D eigenvalue weighted by molar-refractivity contribution is 5.64. The van der Waals surface area contributed by atoms with Crippen LogP contribution in [0.2, 0.25) is 0 Å². The second kappa shape index (κ2) is 6.64. The molecule has 8 heteroatoms. The summed E-state index contributed by atoms with van der Waals surface area (Å²) < 4.78 is 36.6. The Morgan fingerprint density at radius 2 is 1.88 bits per heavy atom. The Morgan fingerprint density at radius 3 is 2.64 bits per heavy atom. The molecule has 1 aromatic carbocycles. The minimum absolute atomic E-state index is 0.134. The van der Waals surface area contributed by atoms with Gasteiger partial charge in [0.2, 0.25) is 0 Å². The van der Waals surface area contributed by atoms with Crippen LogP contribution in [-0.4, -0.2) is 40.7 Å². The molecule has 0 N–H and O–H groups in total. The molecule has 2 aromatic heterocycles. The van der Waals surface area contributed by atoms with Crippen LogP contribution in [0.25, 0.3) is 5.65 Å². The first-order valence-electron chi connectivity index (χ1n) is 7.90. The van der Waals surface area contributed by atoms with Crippen LogP contribution < -0.4 is 9.64 Å². The van der Waals surface area contributed by atoms with Crippen LogP contribution in [0.1, 0.15) is 11.7 Å². The number of benzene rings is 1. The first-order chi connectivity index (χ1) is 12.2. The Labute approximate surface area is 142 Å². The number of hydrogen-bond donors (Lipinski definition) is 0. The van der Waals surface area contributed by atoms with Crippen molar-refractivity contribution in [3.8, 4) is 5.75 Å². The van der Waals surface area contributed by atoms with Crippen molar-refractivity contribution in [3.05, 3.63) is 54.6 Å². The molecule has 1 aliphatic heterocycles. The molecule has 25 heavy (non-hydrogen) atoms. The van der Waals surface area contributed by atoms with Gasteiger partial charge in [-0.25, -0.2) is 9.97 Å². The summed E-state index contributed by atoms with van der Waals surface area (Å²) in [6.45, 7) is -0.964. The molecule has 0 bridgehead atoms. The number of ether oxygens (including phenoxy) is 2. The van der Waals surface area contributed by atoms with E-state index >= 15 is 0 Å². The van der Waals surface area contributed by atoms with Crippen molar-refractivity contribution in [2.45, 2.75) is 12.7 Å². The fourth-order valence-corrected chi connectivity index (χ4v) is 2.97. The van der Waals surface area contributed by atoms with Gasteiger partial charge >= 0.3 is 6.61 Å². The number of nitrogens with zero attached hydrogens (tertiary/aromatic N) is 4. The molecule has 6 nitrogen and oxygen atoms in total. The molecule has 1 saturated heterocycles. The average Bonchev–Trinajstić information content (AvgIpc) is 3.11. The van der Waals surface area contributed by atoms with Crippen molar-refractivity contribution in [3.63, 3.8) is 0 Å². The van der Waals surface area contributed by atoms with Crippen LogP contribution >= 0.6 is 0 Å². The summed E-state index contributed by atoms with van der Waals surface area (Å²) in [5, 5.41) is 0. The maximum atomic E-state index is 12.2. The predicted molar refractivity (Wildman–Crippen MR) is 87.0 cm³/mol. The van der Waals surface area contributed by atoms with E-state index in [0.717, 1.165) is 17.0 Å². The lowest BCUT2D eigenvalue weighted by Crippen LogP contribution is -2.39. The standard InChI is InChI=1S/C17H16F2N4O2/c18-17(19)25-13-3-1-12(2-4-13)14-11-23(9-10-24-14)16-15-20-5-7-22(15)8-6-21-16/h1-8,14,17H,9-11H2. The number of morpholine rings is 1. The van der Waals surface area contributed by atoms with Gasteiger partial charge in [0.05, 0.1) is 6.61 Å². The molecule has 1 fully saturated rings. The third-order valence-corrected chi connectivity index (χ3v) is 4.14. The van der Waals surface area contributed by atoms with Crippen molar-refractivity contribution in [2.24, 2.45) is 0 Å². The minimum atomic E-state index is -2.83. The maximum Gasteiger partial charge on any atom is 0.387 e. The second-order valence-corrected chi connectivity index (χ2v) is 5.66. The number of rotatable bonds is 4. The Hall–Kier alpha value is -2.74. The number of fused-ring (bicyclic) bond motifs is 1. The Balaban J connectivity index is 1.54. The molecule has 0 spiro atoms. The SMILES string of the molecule is FC(F)Oc1ccc(C2CN(c3nccn4ccnc34)CCO2)cc1. The predicted octanol–water partition coefficient (Wildman–Crippen LogP) is 2.91. The molecule has 130 valence electrons. The lowest BCUT2D eigenvalue weighted by molar-refractivity contribution is -0.0498. The third kappa shape index (κ3) is 3.25. The van der Waals surface area contributed by atoms with Crippen molar-refractivity contribution in [2.75, 3.05) is 24.6 Å². The largest absolute Gasteiger partial charge is 0.435 e. The Bertz CT molecular complexity index is 853. The molecule has 1 aliphatic rings. The van der Waals surface area contributed by atoms with Gasteiger partial charge in [0.25, 0.3) is 0 Å². The highest BCUT2D eigenvalue weighted by atomic mass is 19.3. The van der Waals surface area contributed by atoms with Gasteiger partial charge in [-0.05, 0) is 17.7 Å². The van der Waals surface area contributed by atoms with Crippen LogP contribution in [0.15, 0.2) is 49.1 Å². The van der Waals surface area contributed by atoms with Gasteiger partial charge in [-0.15, -0.1) is 0 Å². The normalized spacial score (nSPS) is 18.0. The van der Waals surface area contributed by atoms with E-state index in [2.05, 4.69) is 19.6 Å². The summed E-state index contributed by atoms with van der Waals surface area (Å²) in [6.07, 6.45) is 7.03. The van der Waals surface area contributed by atoms with Crippen LogP contribution in [0.3, 0.4) is 0 Å². The molecule has 0 aliphatic carbocycles. The second-order valence-electron chi connectivity index (χ2n) is 5.66. The molecule has 3 aromatic rings. The molecular formula is C17H16F2N4O2. The highest BCUT2D eigenvalue weighted by Gasteiger charge is 2.24. The number of hydrogen-bond acceptors (Lipinski definition) is 5. The molecule has 0 radical (unpaired) electrons. The van der Waals surface area contributed by atoms with E-state index in [1.54, 1.807) is 24.5 Å². The van der Waals surface area contributed by atoms with E-state index in [1.807, 2.05) is 16.8 Å². The van der Waals surface area contributed by atoms with Crippen molar-refractivity contribution >= 4 is 11.5 Å². The van der Waals surface area contributed by atoms with Gasteiger partial charge in [-0.3, -0.25) is 0 Å². The first kappa shape index (κ1) is 15.8. The van der Waals surface area contributed by atoms with Crippen LogP contribution in [0, 0.1) is 0 Å². The number of aromatic nitrogens is 3. The van der Waals surface area contributed by atoms with E-state index in [1.165, 1.54) is 12.1 Å². The van der Waals surface area contributed by atoms with Crippen molar-refractivity contribution in [1.82, 2.24) is 14.4 Å². The summed E-state index contributed by atoms with van der Waals surface area (Å²) in [4.78, 5) is 10.9.